The van der Waals surface area contributed by atoms with Crippen molar-refractivity contribution < 1.29 is 14.6 Å². The summed E-state index contributed by atoms with van der Waals surface area (Å²) < 4.78 is 9.83. The molecule has 0 spiro atoms. The summed E-state index contributed by atoms with van der Waals surface area (Å²) in [6.07, 6.45) is 0.969. The van der Waals surface area contributed by atoms with Crippen molar-refractivity contribution in [3.63, 3.8) is 0 Å². The number of aliphatic hydroxyl groups is 1. The predicted octanol–water partition coefficient (Wildman–Crippen LogP) is -0.371. The molecule has 1 heterocycles. The maximum absolute atomic E-state index is 8.81. The normalized spacial score (nSPS) is 31.6. The molecule has 4 heteroatoms. The van der Waals surface area contributed by atoms with E-state index >= 15 is 0 Å². The Labute approximate surface area is 66.7 Å². The molecule has 66 valence electrons. The summed E-state index contributed by atoms with van der Waals surface area (Å²) in [7, 11) is 4.01. The molecule has 0 aliphatic carbocycles. The molecule has 0 radical (unpaired) electrons. The maximum Gasteiger partial charge on any atom is 0.269 e. The first-order valence-electron chi connectivity index (χ1n) is 3.78. The van der Waals surface area contributed by atoms with Gasteiger partial charge in [0.1, 0.15) is 0 Å². The zero-order valence-electron chi connectivity index (χ0n) is 6.99. The zero-order chi connectivity index (χ0) is 8.27. The first kappa shape index (κ1) is 8.93. The van der Waals surface area contributed by atoms with Crippen LogP contribution in [0.3, 0.4) is 0 Å². The average Bonchev–Trinajstić information content (AvgIpc) is 2.31. The number of nitrogens with zero attached hydrogens (tertiary/aromatic N) is 1. The van der Waals surface area contributed by atoms with Gasteiger partial charge in [-0.1, -0.05) is 0 Å². The van der Waals surface area contributed by atoms with E-state index in [4.69, 9.17) is 14.6 Å². The Balaban J connectivity index is 2.08. The predicted molar refractivity (Wildman–Crippen MR) is 40.0 cm³/mol. The van der Waals surface area contributed by atoms with Crippen LogP contribution in [-0.2, 0) is 9.47 Å². The van der Waals surface area contributed by atoms with E-state index in [9.17, 15) is 0 Å². The van der Waals surface area contributed by atoms with Crippen LogP contribution >= 0.6 is 0 Å². The number of hydrogen-bond acceptors (Lipinski definition) is 4. The number of ether oxygens (including phenoxy) is 2. The quantitative estimate of drug-likeness (QED) is 0.613. The van der Waals surface area contributed by atoms with E-state index in [-0.39, 0.29) is 6.10 Å². The summed E-state index contributed by atoms with van der Waals surface area (Å²) in [6, 6.07) is 0. The Morgan fingerprint density at radius 3 is 2.73 bits per heavy atom. The molecule has 0 amide bonds. The molecule has 0 aromatic heterocycles. The molecule has 1 aliphatic rings. The first-order valence-corrected chi connectivity index (χ1v) is 3.78. The van der Waals surface area contributed by atoms with Crippen LogP contribution in [0, 0.1) is 0 Å². The Hall–Kier alpha value is -0.160. The fourth-order valence-corrected chi connectivity index (χ4v) is 0.986. The molecule has 0 bridgehead atoms. The SMILES string of the molecule is CN(C)CCC1COC(O)O1. The molecule has 0 aromatic carbocycles. The molecule has 11 heavy (non-hydrogen) atoms. The summed E-state index contributed by atoms with van der Waals surface area (Å²) >= 11 is 0. The molecule has 2 atom stereocenters. The van der Waals surface area contributed by atoms with E-state index in [2.05, 4.69) is 4.90 Å². The van der Waals surface area contributed by atoms with Crippen LogP contribution in [0.5, 0.6) is 0 Å². The Kier molecular flexibility index (Phi) is 3.26. The molecule has 2 unspecified atom stereocenters. The second-order valence-electron chi connectivity index (χ2n) is 2.99. The highest BCUT2D eigenvalue weighted by Gasteiger charge is 2.23. The molecule has 1 aliphatic heterocycles. The van der Waals surface area contributed by atoms with Crippen molar-refractivity contribution in [2.45, 2.75) is 19.0 Å². The third-order valence-corrected chi connectivity index (χ3v) is 1.63. The van der Waals surface area contributed by atoms with E-state index in [0.29, 0.717) is 6.61 Å². The smallest absolute Gasteiger partial charge is 0.269 e. The van der Waals surface area contributed by atoms with Crippen LogP contribution < -0.4 is 0 Å². The van der Waals surface area contributed by atoms with Crippen LogP contribution in [-0.4, -0.2) is 49.8 Å². The van der Waals surface area contributed by atoms with Gasteiger partial charge in [-0.15, -0.1) is 0 Å². The minimum atomic E-state index is -0.998. The number of rotatable bonds is 3. The summed E-state index contributed by atoms with van der Waals surface area (Å²) in [5.41, 5.74) is 0. The summed E-state index contributed by atoms with van der Waals surface area (Å²) in [4.78, 5) is 2.08. The molecule has 1 N–H and O–H groups in total. The molecule has 1 fully saturated rings. The van der Waals surface area contributed by atoms with Gasteiger partial charge in [-0.05, 0) is 20.5 Å². The Bertz CT molecular complexity index is 118. The lowest BCUT2D eigenvalue weighted by molar-refractivity contribution is -0.204. The van der Waals surface area contributed by atoms with E-state index in [0.717, 1.165) is 13.0 Å². The molecular formula is C7H15NO3. The van der Waals surface area contributed by atoms with Crippen LogP contribution in [0.2, 0.25) is 0 Å². The van der Waals surface area contributed by atoms with Crippen LogP contribution in [0.25, 0.3) is 0 Å². The van der Waals surface area contributed by atoms with Gasteiger partial charge in [-0.3, -0.25) is 0 Å². The van der Waals surface area contributed by atoms with E-state index in [1.807, 2.05) is 14.1 Å². The van der Waals surface area contributed by atoms with Crippen molar-refractivity contribution in [3.05, 3.63) is 0 Å². The fraction of sp³-hybridized carbons (Fsp3) is 1.00. The zero-order valence-corrected chi connectivity index (χ0v) is 6.99. The standard InChI is InChI=1S/C7H15NO3/c1-8(2)4-3-6-5-10-7(9)11-6/h6-7,9H,3-5H2,1-2H3. The lowest BCUT2D eigenvalue weighted by Gasteiger charge is -2.12. The minimum Gasteiger partial charge on any atom is -0.346 e. The van der Waals surface area contributed by atoms with Gasteiger partial charge in [0.25, 0.3) is 6.48 Å². The third-order valence-electron chi connectivity index (χ3n) is 1.63. The van der Waals surface area contributed by atoms with Crippen molar-refractivity contribution in [1.82, 2.24) is 4.90 Å². The van der Waals surface area contributed by atoms with Crippen molar-refractivity contribution in [2.24, 2.45) is 0 Å². The summed E-state index contributed by atoms with van der Waals surface area (Å²) in [5, 5.41) is 8.81. The number of hydrogen-bond donors (Lipinski definition) is 1. The van der Waals surface area contributed by atoms with Crippen molar-refractivity contribution in [2.75, 3.05) is 27.2 Å². The van der Waals surface area contributed by atoms with Gasteiger partial charge in [0.2, 0.25) is 0 Å². The lowest BCUT2D eigenvalue weighted by Crippen LogP contribution is -2.21. The van der Waals surface area contributed by atoms with Gasteiger partial charge < -0.3 is 19.5 Å². The van der Waals surface area contributed by atoms with Gasteiger partial charge >= 0.3 is 0 Å². The monoisotopic (exact) mass is 161 g/mol. The highest BCUT2D eigenvalue weighted by Crippen LogP contribution is 2.11. The van der Waals surface area contributed by atoms with Crippen LogP contribution in [0.1, 0.15) is 6.42 Å². The maximum atomic E-state index is 8.81. The second kappa shape index (κ2) is 4.01. The fourth-order valence-electron chi connectivity index (χ4n) is 0.986. The molecule has 1 rings (SSSR count). The van der Waals surface area contributed by atoms with E-state index in [1.54, 1.807) is 0 Å². The van der Waals surface area contributed by atoms with Gasteiger partial charge in [0, 0.05) is 6.54 Å². The Morgan fingerprint density at radius 2 is 2.27 bits per heavy atom. The third kappa shape index (κ3) is 3.16. The van der Waals surface area contributed by atoms with Crippen molar-refractivity contribution in [3.8, 4) is 0 Å². The van der Waals surface area contributed by atoms with Gasteiger partial charge in [0.05, 0.1) is 12.7 Å². The molecule has 4 nitrogen and oxygen atoms in total. The van der Waals surface area contributed by atoms with E-state index < -0.39 is 6.48 Å². The molecule has 1 saturated heterocycles. The van der Waals surface area contributed by atoms with Crippen LogP contribution in [0.15, 0.2) is 0 Å². The van der Waals surface area contributed by atoms with Crippen molar-refractivity contribution in [1.29, 1.82) is 0 Å². The summed E-state index contributed by atoms with van der Waals surface area (Å²) in [5.74, 6) is 0. The highest BCUT2D eigenvalue weighted by molar-refractivity contribution is 4.62. The molecule has 0 saturated carbocycles. The highest BCUT2D eigenvalue weighted by atomic mass is 16.8. The van der Waals surface area contributed by atoms with Crippen LogP contribution in [0.4, 0.5) is 0 Å². The average molecular weight is 161 g/mol. The van der Waals surface area contributed by atoms with Gasteiger partial charge in [-0.2, -0.15) is 0 Å². The largest absolute Gasteiger partial charge is 0.346 e. The lowest BCUT2D eigenvalue weighted by atomic mass is 10.2. The summed E-state index contributed by atoms with van der Waals surface area (Å²) in [6.45, 7) is 0.470. The molecule has 0 aromatic rings. The van der Waals surface area contributed by atoms with Crippen molar-refractivity contribution >= 4 is 0 Å². The van der Waals surface area contributed by atoms with E-state index in [1.165, 1.54) is 0 Å². The first-order chi connectivity index (χ1) is 5.18. The Morgan fingerprint density at radius 1 is 1.55 bits per heavy atom. The van der Waals surface area contributed by atoms with Gasteiger partial charge in [0.15, 0.2) is 0 Å². The van der Waals surface area contributed by atoms with Gasteiger partial charge in [-0.25, -0.2) is 0 Å². The minimum absolute atomic E-state index is 0.0624. The topological polar surface area (TPSA) is 41.9 Å². The second-order valence-corrected chi connectivity index (χ2v) is 2.99. The number of aliphatic hydroxyl groups excluding tert-OH is 1. The molecular weight excluding hydrogens is 146 g/mol.